The van der Waals surface area contributed by atoms with Crippen LogP contribution in [0, 0.1) is 6.92 Å². The van der Waals surface area contributed by atoms with E-state index in [2.05, 4.69) is 31.1 Å². The van der Waals surface area contributed by atoms with Crippen LogP contribution in [0.15, 0.2) is 8.31 Å². The molecule has 0 aromatic carbocycles. The minimum absolute atomic E-state index is 0.00533. The number of alkyl halides is 3. The Morgan fingerprint density at radius 2 is 2.14 bits per heavy atom. The number of aryl methyl sites for hydroxylation is 1. The maximum Gasteiger partial charge on any atom is 0.435 e. The predicted octanol–water partition coefficient (Wildman–Crippen LogP) is 4.00. The highest BCUT2D eigenvalue weighted by Gasteiger charge is 2.38. The molecule has 0 bridgehead atoms. The molecule has 1 atom stereocenters. The van der Waals surface area contributed by atoms with Crippen molar-refractivity contribution in [1.29, 1.82) is 0 Å². The van der Waals surface area contributed by atoms with Gasteiger partial charge in [-0.2, -0.15) is 18.2 Å². The van der Waals surface area contributed by atoms with Crippen molar-refractivity contribution in [2.75, 3.05) is 18.0 Å². The molecule has 0 radical (unpaired) electrons. The van der Waals surface area contributed by atoms with Gasteiger partial charge in [-0.1, -0.05) is 16.5 Å². The number of rotatable bonds is 2. The second kappa shape index (κ2) is 5.80. The van der Waals surface area contributed by atoms with Gasteiger partial charge in [-0.25, -0.2) is 4.98 Å². The lowest BCUT2D eigenvalue weighted by atomic mass is 9.98. The maximum atomic E-state index is 12.8. The largest absolute Gasteiger partial charge is 0.435 e. The van der Waals surface area contributed by atoms with E-state index in [1.165, 1.54) is 0 Å². The first-order chi connectivity index (χ1) is 10.3. The van der Waals surface area contributed by atoms with Crippen molar-refractivity contribution in [3.8, 4) is 0 Å². The van der Waals surface area contributed by atoms with Crippen LogP contribution in [0.25, 0.3) is 0 Å². The van der Waals surface area contributed by atoms with E-state index in [1.807, 2.05) is 4.90 Å². The molecular formula is C12H12BrF3N4OS. The van der Waals surface area contributed by atoms with Gasteiger partial charge in [0.05, 0.1) is 5.92 Å². The molecule has 1 fully saturated rings. The van der Waals surface area contributed by atoms with Crippen LogP contribution in [0.2, 0.25) is 0 Å². The molecular weight excluding hydrogens is 385 g/mol. The summed E-state index contributed by atoms with van der Waals surface area (Å²) in [5.74, 6) is 1.12. The lowest BCUT2D eigenvalue weighted by Gasteiger charge is -2.30. The Balaban J connectivity index is 1.80. The monoisotopic (exact) mass is 396 g/mol. The first-order valence-corrected chi connectivity index (χ1v) is 8.24. The first-order valence-electron chi connectivity index (χ1n) is 6.63. The molecule has 0 saturated carbocycles. The Morgan fingerprint density at radius 3 is 2.73 bits per heavy atom. The summed E-state index contributed by atoms with van der Waals surface area (Å²) in [5.41, 5.74) is -0.872. The summed E-state index contributed by atoms with van der Waals surface area (Å²) in [6.45, 7) is 2.93. The summed E-state index contributed by atoms with van der Waals surface area (Å²) in [4.78, 5) is 9.80. The SMILES string of the molecule is Cc1noc(C2CCCN(c3nc(C(F)(F)F)c(Br)s3)C2)n1. The van der Waals surface area contributed by atoms with Gasteiger partial charge in [0.1, 0.15) is 3.79 Å². The molecule has 3 rings (SSSR count). The predicted molar refractivity (Wildman–Crippen MR) is 78.0 cm³/mol. The quantitative estimate of drug-likeness (QED) is 0.767. The second-order valence-corrected chi connectivity index (χ2v) is 7.38. The Labute approximate surface area is 136 Å². The molecule has 1 saturated heterocycles. The summed E-state index contributed by atoms with van der Waals surface area (Å²) in [7, 11) is 0. The number of aromatic nitrogens is 3. The number of thiazole rings is 1. The van der Waals surface area contributed by atoms with E-state index in [0.717, 1.165) is 24.2 Å². The zero-order valence-electron chi connectivity index (χ0n) is 11.5. The normalized spacial score (nSPS) is 19.7. The van der Waals surface area contributed by atoms with Gasteiger partial charge in [-0.05, 0) is 35.7 Å². The molecule has 2 aromatic rings. The first kappa shape index (κ1) is 15.7. The Hall–Kier alpha value is -1.16. The lowest BCUT2D eigenvalue weighted by molar-refractivity contribution is -0.141. The van der Waals surface area contributed by atoms with Crippen LogP contribution < -0.4 is 4.90 Å². The Kier molecular flexibility index (Phi) is 4.15. The van der Waals surface area contributed by atoms with Crippen molar-refractivity contribution in [3.63, 3.8) is 0 Å². The highest BCUT2D eigenvalue weighted by Crippen LogP contribution is 2.41. The van der Waals surface area contributed by atoms with Crippen LogP contribution in [0.3, 0.4) is 0 Å². The van der Waals surface area contributed by atoms with Crippen molar-refractivity contribution in [3.05, 3.63) is 21.2 Å². The Morgan fingerprint density at radius 1 is 1.36 bits per heavy atom. The second-order valence-electron chi connectivity index (χ2n) is 5.08. The zero-order valence-corrected chi connectivity index (χ0v) is 13.9. The fourth-order valence-electron chi connectivity index (χ4n) is 2.43. The molecule has 1 aliphatic heterocycles. The van der Waals surface area contributed by atoms with Gasteiger partial charge in [-0.3, -0.25) is 0 Å². The minimum atomic E-state index is -4.45. The van der Waals surface area contributed by atoms with Crippen LogP contribution in [0.5, 0.6) is 0 Å². The lowest BCUT2D eigenvalue weighted by Crippen LogP contribution is -2.34. The van der Waals surface area contributed by atoms with Crippen molar-refractivity contribution in [2.24, 2.45) is 0 Å². The number of halogens is 4. The summed E-state index contributed by atoms with van der Waals surface area (Å²) in [6, 6.07) is 0. The topological polar surface area (TPSA) is 55.1 Å². The average Bonchev–Trinajstić information content (AvgIpc) is 3.04. The van der Waals surface area contributed by atoms with E-state index in [-0.39, 0.29) is 9.70 Å². The average molecular weight is 397 g/mol. The molecule has 0 amide bonds. The molecule has 1 aliphatic rings. The molecule has 10 heteroatoms. The van der Waals surface area contributed by atoms with Crippen molar-refractivity contribution in [2.45, 2.75) is 31.9 Å². The summed E-state index contributed by atoms with van der Waals surface area (Å²) in [6.07, 6.45) is -2.74. The Bertz CT molecular complexity index is 672. The van der Waals surface area contributed by atoms with Gasteiger partial charge in [0.2, 0.25) is 5.89 Å². The molecule has 1 unspecified atom stereocenters. The third-order valence-electron chi connectivity index (χ3n) is 3.43. The van der Waals surface area contributed by atoms with Crippen LogP contribution in [0.1, 0.15) is 36.2 Å². The van der Waals surface area contributed by atoms with E-state index in [9.17, 15) is 13.2 Å². The van der Waals surface area contributed by atoms with E-state index in [4.69, 9.17) is 4.52 Å². The standard InChI is InChI=1S/C12H12BrF3N4OS/c1-6-17-10(21-19-6)7-3-2-4-20(5-7)11-18-8(9(13)22-11)12(14,15)16/h7H,2-5H2,1H3. The van der Waals surface area contributed by atoms with Gasteiger partial charge in [0.15, 0.2) is 16.6 Å². The van der Waals surface area contributed by atoms with E-state index in [1.54, 1.807) is 6.92 Å². The van der Waals surface area contributed by atoms with Crippen molar-refractivity contribution < 1.29 is 17.7 Å². The summed E-state index contributed by atoms with van der Waals surface area (Å²) in [5, 5.41) is 4.13. The fourth-order valence-corrected chi connectivity index (χ4v) is 4.03. The van der Waals surface area contributed by atoms with E-state index < -0.39 is 11.9 Å². The van der Waals surface area contributed by atoms with Gasteiger partial charge in [0, 0.05) is 13.1 Å². The molecule has 22 heavy (non-hydrogen) atoms. The van der Waals surface area contributed by atoms with E-state index in [0.29, 0.717) is 29.9 Å². The molecule has 5 nitrogen and oxygen atoms in total. The van der Waals surface area contributed by atoms with Gasteiger partial charge in [-0.15, -0.1) is 0 Å². The molecule has 120 valence electrons. The van der Waals surface area contributed by atoms with Crippen LogP contribution in [-0.4, -0.2) is 28.2 Å². The summed E-state index contributed by atoms with van der Waals surface area (Å²) < 4.78 is 43.7. The maximum absolute atomic E-state index is 12.8. The molecule has 3 heterocycles. The molecule has 0 N–H and O–H groups in total. The molecule has 0 aliphatic carbocycles. The number of nitrogens with zero attached hydrogens (tertiary/aromatic N) is 4. The fraction of sp³-hybridized carbons (Fsp3) is 0.583. The summed E-state index contributed by atoms with van der Waals surface area (Å²) >= 11 is 3.95. The van der Waals surface area contributed by atoms with E-state index >= 15 is 0 Å². The molecule has 2 aromatic heterocycles. The van der Waals surface area contributed by atoms with Gasteiger partial charge < -0.3 is 9.42 Å². The third-order valence-corrected chi connectivity index (χ3v) is 5.19. The van der Waals surface area contributed by atoms with Crippen LogP contribution >= 0.6 is 27.3 Å². The van der Waals surface area contributed by atoms with Crippen molar-refractivity contribution in [1.82, 2.24) is 15.1 Å². The number of piperidine rings is 1. The zero-order chi connectivity index (χ0) is 15.9. The van der Waals surface area contributed by atoms with Crippen LogP contribution in [-0.2, 0) is 6.18 Å². The molecule has 0 spiro atoms. The number of anilines is 1. The van der Waals surface area contributed by atoms with Gasteiger partial charge in [0.25, 0.3) is 0 Å². The number of hydrogen-bond acceptors (Lipinski definition) is 6. The highest BCUT2D eigenvalue weighted by molar-refractivity contribution is 9.11. The van der Waals surface area contributed by atoms with Crippen LogP contribution in [0.4, 0.5) is 18.3 Å². The number of hydrogen-bond donors (Lipinski definition) is 0. The smallest absolute Gasteiger partial charge is 0.347 e. The van der Waals surface area contributed by atoms with Gasteiger partial charge >= 0.3 is 6.18 Å². The highest BCUT2D eigenvalue weighted by atomic mass is 79.9. The third kappa shape index (κ3) is 3.12. The minimum Gasteiger partial charge on any atom is -0.347 e. The van der Waals surface area contributed by atoms with Crippen molar-refractivity contribution >= 4 is 32.4 Å².